The molecule has 16 heavy (non-hydrogen) atoms. The minimum Gasteiger partial charge on any atom is -0.304 e. The van der Waals surface area contributed by atoms with Crippen LogP contribution in [0, 0.1) is 5.92 Å². The van der Waals surface area contributed by atoms with Crippen molar-refractivity contribution < 1.29 is 4.79 Å². The van der Waals surface area contributed by atoms with Crippen LogP contribution in [0.15, 0.2) is 17.5 Å². The van der Waals surface area contributed by atoms with E-state index >= 15 is 0 Å². The molecule has 0 spiro atoms. The van der Waals surface area contributed by atoms with Crippen LogP contribution >= 0.6 is 11.3 Å². The van der Waals surface area contributed by atoms with E-state index in [0.29, 0.717) is 11.8 Å². The van der Waals surface area contributed by atoms with Gasteiger partial charge in [-0.15, -0.1) is 11.3 Å². The van der Waals surface area contributed by atoms with E-state index < -0.39 is 0 Å². The first-order chi connectivity index (χ1) is 7.84. The molecule has 2 aliphatic rings. The van der Waals surface area contributed by atoms with Gasteiger partial charge in [0.1, 0.15) is 0 Å². The molecule has 0 amide bonds. The SMILES string of the molecule is O=C(c1cccs1)C1CC2CCCCC2N1. The third kappa shape index (κ3) is 1.82. The highest BCUT2D eigenvalue weighted by atomic mass is 32.1. The monoisotopic (exact) mass is 235 g/mol. The van der Waals surface area contributed by atoms with Crippen molar-refractivity contribution in [2.24, 2.45) is 5.92 Å². The van der Waals surface area contributed by atoms with Crippen molar-refractivity contribution in [2.75, 3.05) is 0 Å². The first-order valence-electron chi connectivity index (χ1n) is 6.18. The number of ketones is 1. The Morgan fingerprint density at radius 2 is 2.25 bits per heavy atom. The van der Waals surface area contributed by atoms with Crippen LogP contribution in [0.3, 0.4) is 0 Å². The summed E-state index contributed by atoms with van der Waals surface area (Å²) in [6.07, 6.45) is 6.31. The molecule has 2 nitrogen and oxygen atoms in total. The van der Waals surface area contributed by atoms with Gasteiger partial charge in [-0.3, -0.25) is 4.79 Å². The summed E-state index contributed by atoms with van der Waals surface area (Å²) >= 11 is 1.56. The summed E-state index contributed by atoms with van der Waals surface area (Å²) in [5, 5.41) is 5.52. The van der Waals surface area contributed by atoms with Gasteiger partial charge >= 0.3 is 0 Å². The Bertz CT molecular complexity index is 359. The number of thiophene rings is 1. The van der Waals surface area contributed by atoms with Crippen molar-refractivity contribution in [1.29, 1.82) is 0 Å². The second-order valence-corrected chi connectivity index (χ2v) is 5.90. The van der Waals surface area contributed by atoms with Gasteiger partial charge in [0.2, 0.25) is 0 Å². The van der Waals surface area contributed by atoms with Gasteiger partial charge in [-0.2, -0.15) is 0 Å². The minimum absolute atomic E-state index is 0.0896. The van der Waals surface area contributed by atoms with E-state index in [1.54, 1.807) is 11.3 Å². The van der Waals surface area contributed by atoms with Crippen molar-refractivity contribution in [3.8, 4) is 0 Å². The van der Waals surface area contributed by atoms with Gasteiger partial charge in [-0.1, -0.05) is 18.9 Å². The Hall–Kier alpha value is -0.670. The van der Waals surface area contributed by atoms with Crippen molar-refractivity contribution in [3.63, 3.8) is 0 Å². The van der Waals surface area contributed by atoms with Crippen LogP contribution in [0.4, 0.5) is 0 Å². The average Bonchev–Trinajstić information content (AvgIpc) is 2.97. The van der Waals surface area contributed by atoms with Crippen LogP contribution < -0.4 is 5.32 Å². The Morgan fingerprint density at radius 1 is 1.38 bits per heavy atom. The number of fused-ring (bicyclic) bond motifs is 1. The van der Waals surface area contributed by atoms with Crippen LogP contribution in [0.1, 0.15) is 41.8 Å². The Morgan fingerprint density at radius 3 is 3.00 bits per heavy atom. The molecule has 3 rings (SSSR count). The summed E-state index contributed by atoms with van der Waals surface area (Å²) in [5.74, 6) is 1.06. The Balaban J connectivity index is 1.71. The molecular weight excluding hydrogens is 218 g/mol. The molecule has 2 fully saturated rings. The smallest absolute Gasteiger partial charge is 0.189 e. The molecule has 3 atom stereocenters. The van der Waals surface area contributed by atoms with Gasteiger partial charge in [0.15, 0.2) is 5.78 Å². The fourth-order valence-electron chi connectivity index (χ4n) is 3.11. The Labute approximate surface area is 100 Å². The normalized spacial score (nSPS) is 33.6. The second-order valence-electron chi connectivity index (χ2n) is 4.95. The van der Waals surface area contributed by atoms with Gasteiger partial charge in [0.05, 0.1) is 10.9 Å². The Kier molecular flexibility index (Phi) is 2.82. The number of rotatable bonds is 2. The van der Waals surface area contributed by atoms with Gasteiger partial charge in [-0.05, 0) is 36.6 Å². The van der Waals surface area contributed by atoms with Crippen LogP contribution in [-0.4, -0.2) is 17.9 Å². The molecule has 1 aromatic heterocycles. The number of hydrogen-bond acceptors (Lipinski definition) is 3. The standard InChI is InChI=1S/C13H17NOS/c15-13(12-6-3-7-16-12)11-8-9-4-1-2-5-10(9)14-11/h3,6-7,9-11,14H,1-2,4-5,8H2. The maximum Gasteiger partial charge on any atom is 0.189 e. The molecule has 0 radical (unpaired) electrons. The number of carbonyl (C=O) groups excluding carboxylic acids is 1. The molecule has 3 heteroatoms. The average molecular weight is 235 g/mol. The highest BCUT2D eigenvalue weighted by molar-refractivity contribution is 7.12. The lowest BCUT2D eigenvalue weighted by atomic mass is 9.85. The zero-order valence-electron chi connectivity index (χ0n) is 9.32. The van der Waals surface area contributed by atoms with Crippen LogP contribution in [0.2, 0.25) is 0 Å². The molecule has 0 aromatic carbocycles. The fourth-order valence-corrected chi connectivity index (χ4v) is 3.83. The van der Waals surface area contributed by atoms with Crippen LogP contribution in [0.25, 0.3) is 0 Å². The van der Waals surface area contributed by atoms with E-state index in [1.807, 2.05) is 17.5 Å². The zero-order valence-corrected chi connectivity index (χ0v) is 10.1. The number of Topliss-reactive ketones (excluding diaryl/α,β-unsaturated/α-hetero) is 1. The van der Waals surface area contributed by atoms with E-state index in [-0.39, 0.29) is 6.04 Å². The topological polar surface area (TPSA) is 29.1 Å². The summed E-state index contributed by atoms with van der Waals surface area (Å²) in [6, 6.07) is 4.60. The molecule has 1 saturated carbocycles. The van der Waals surface area contributed by atoms with Crippen molar-refractivity contribution in [1.82, 2.24) is 5.32 Å². The third-order valence-corrected chi connectivity index (χ3v) is 4.83. The van der Waals surface area contributed by atoms with Gasteiger partial charge in [-0.25, -0.2) is 0 Å². The van der Waals surface area contributed by atoms with Crippen molar-refractivity contribution in [2.45, 2.75) is 44.2 Å². The van der Waals surface area contributed by atoms with Crippen molar-refractivity contribution >= 4 is 17.1 Å². The number of hydrogen-bond donors (Lipinski definition) is 1. The molecule has 1 aliphatic heterocycles. The third-order valence-electron chi connectivity index (χ3n) is 3.94. The highest BCUT2D eigenvalue weighted by Gasteiger charge is 2.38. The number of carbonyl (C=O) groups is 1. The summed E-state index contributed by atoms with van der Waals surface area (Å²) < 4.78 is 0. The fraction of sp³-hybridized carbons (Fsp3) is 0.615. The summed E-state index contributed by atoms with van der Waals surface area (Å²) in [5.41, 5.74) is 0. The van der Waals surface area contributed by atoms with Crippen molar-refractivity contribution in [3.05, 3.63) is 22.4 Å². The molecule has 2 heterocycles. The van der Waals surface area contributed by atoms with E-state index in [2.05, 4.69) is 5.32 Å². The first kappa shape index (κ1) is 10.5. The number of nitrogens with one attached hydrogen (secondary N) is 1. The van der Waals surface area contributed by atoms with E-state index in [9.17, 15) is 4.79 Å². The van der Waals surface area contributed by atoms with Gasteiger partial charge in [0, 0.05) is 6.04 Å². The predicted octanol–water partition coefficient (Wildman–Crippen LogP) is 2.85. The first-order valence-corrected chi connectivity index (χ1v) is 7.06. The molecule has 1 aromatic rings. The molecular formula is C13H17NOS. The summed E-state index contributed by atoms with van der Waals surface area (Å²) in [7, 11) is 0. The molecule has 1 aliphatic carbocycles. The lowest BCUT2D eigenvalue weighted by Crippen LogP contribution is -2.36. The second kappa shape index (κ2) is 4.30. The molecule has 1 saturated heterocycles. The largest absolute Gasteiger partial charge is 0.304 e. The summed E-state index contributed by atoms with van der Waals surface area (Å²) in [6.45, 7) is 0. The molecule has 3 unspecified atom stereocenters. The minimum atomic E-state index is 0.0896. The molecule has 0 bridgehead atoms. The lowest BCUT2D eigenvalue weighted by Gasteiger charge is -2.24. The van der Waals surface area contributed by atoms with Crippen LogP contribution in [-0.2, 0) is 0 Å². The summed E-state index contributed by atoms with van der Waals surface area (Å²) in [4.78, 5) is 13.1. The maximum absolute atomic E-state index is 12.2. The van der Waals surface area contributed by atoms with Gasteiger partial charge in [0.25, 0.3) is 0 Å². The van der Waals surface area contributed by atoms with Gasteiger partial charge < -0.3 is 5.32 Å². The van der Waals surface area contributed by atoms with E-state index in [4.69, 9.17) is 0 Å². The predicted molar refractivity (Wildman–Crippen MR) is 65.9 cm³/mol. The maximum atomic E-state index is 12.2. The highest BCUT2D eigenvalue weighted by Crippen LogP contribution is 2.34. The molecule has 1 N–H and O–H groups in total. The molecule has 86 valence electrons. The zero-order chi connectivity index (χ0) is 11.0. The van der Waals surface area contributed by atoms with Crippen LogP contribution in [0.5, 0.6) is 0 Å². The quantitative estimate of drug-likeness (QED) is 0.799. The van der Waals surface area contributed by atoms with E-state index in [0.717, 1.165) is 17.2 Å². The van der Waals surface area contributed by atoms with E-state index in [1.165, 1.54) is 25.7 Å². The lowest BCUT2D eigenvalue weighted by molar-refractivity contribution is 0.0953.